The molecule has 0 bridgehead atoms. The number of halogens is 1. The smallest absolute Gasteiger partial charge is 0.191 e. The minimum atomic E-state index is 0. The molecule has 5 nitrogen and oxygen atoms in total. The summed E-state index contributed by atoms with van der Waals surface area (Å²) >= 11 is 0. The molecule has 2 N–H and O–H groups in total. The molecule has 0 radical (unpaired) electrons. The molecule has 0 aliphatic heterocycles. The molecule has 0 unspecified atom stereocenters. The highest BCUT2D eigenvalue weighted by Crippen LogP contribution is 2.07. The fourth-order valence-electron chi connectivity index (χ4n) is 2.22. The van der Waals surface area contributed by atoms with Crippen LogP contribution in [-0.2, 0) is 13.1 Å². The molecule has 1 aromatic heterocycles. The summed E-state index contributed by atoms with van der Waals surface area (Å²) in [7, 11) is 5.75. The first kappa shape index (κ1) is 20.2. The van der Waals surface area contributed by atoms with Gasteiger partial charge in [-0.15, -0.1) is 24.0 Å². The Morgan fingerprint density at radius 3 is 2.46 bits per heavy atom. The van der Waals surface area contributed by atoms with E-state index in [1.54, 1.807) is 7.05 Å². The molecular formula is C18H26IN5. The van der Waals surface area contributed by atoms with Gasteiger partial charge in [0.2, 0.25) is 0 Å². The van der Waals surface area contributed by atoms with Crippen molar-refractivity contribution in [2.24, 2.45) is 4.99 Å². The van der Waals surface area contributed by atoms with Gasteiger partial charge >= 0.3 is 0 Å². The van der Waals surface area contributed by atoms with Gasteiger partial charge in [-0.25, -0.2) is 4.98 Å². The molecule has 1 heterocycles. The number of hydrogen-bond acceptors (Lipinski definition) is 3. The zero-order valence-electron chi connectivity index (χ0n) is 14.7. The van der Waals surface area contributed by atoms with Crippen LogP contribution in [0.5, 0.6) is 0 Å². The number of rotatable bonds is 5. The summed E-state index contributed by atoms with van der Waals surface area (Å²) in [4.78, 5) is 10.8. The highest BCUT2D eigenvalue weighted by molar-refractivity contribution is 14.0. The van der Waals surface area contributed by atoms with Crippen LogP contribution in [0.1, 0.15) is 16.8 Å². The van der Waals surface area contributed by atoms with Crippen molar-refractivity contribution >= 4 is 35.8 Å². The van der Waals surface area contributed by atoms with Crippen LogP contribution in [0.3, 0.4) is 0 Å². The first-order valence-corrected chi connectivity index (χ1v) is 7.72. The first-order valence-electron chi connectivity index (χ1n) is 7.72. The highest BCUT2D eigenvalue weighted by atomic mass is 127. The van der Waals surface area contributed by atoms with Gasteiger partial charge in [0.15, 0.2) is 5.96 Å². The maximum atomic E-state index is 4.59. The summed E-state index contributed by atoms with van der Waals surface area (Å²) in [6.07, 6.45) is 0. The van der Waals surface area contributed by atoms with E-state index in [-0.39, 0.29) is 24.0 Å². The van der Waals surface area contributed by atoms with Crippen molar-refractivity contribution in [3.8, 4) is 0 Å². The fourth-order valence-corrected chi connectivity index (χ4v) is 2.22. The van der Waals surface area contributed by atoms with Crippen molar-refractivity contribution in [3.05, 3.63) is 59.3 Å². The van der Waals surface area contributed by atoms with Gasteiger partial charge in [0.25, 0.3) is 0 Å². The second-order valence-electron chi connectivity index (χ2n) is 5.65. The second kappa shape index (κ2) is 10.1. The summed E-state index contributed by atoms with van der Waals surface area (Å²) in [6, 6.07) is 14.5. The van der Waals surface area contributed by atoms with Gasteiger partial charge in [-0.3, -0.25) is 4.99 Å². The van der Waals surface area contributed by atoms with Crippen LogP contribution in [0, 0.1) is 6.92 Å². The second-order valence-corrected chi connectivity index (χ2v) is 5.65. The van der Waals surface area contributed by atoms with Crippen LogP contribution < -0.4 is 15.5 Å². The number of nitrogens with one attached hydrogen (secondary N) is 2. The first-order chi connectivity index (χ1) is 11.1. The molecule has 0 fully saturated rings. The van der Waals surface area contributed by atoms with Crippen molar-refractivity contribution in [1.29, 1.82) is 0 Å². The molecule has 0 atom stereocenters. The number of anilines is 1. The lowest BCUT2D eigenvalue weighted by Crippen LogP contribution is -2.36. The number of hydrogen-bond donors (Lipinski definition) is 2. The Balaban J connectivity index is 0.00000288. The standard InChI is InChI=1S/C18H25N5.HI/c1-14-7-5-8-15(11-14)12-20-18(19-2)21-13-16-9-6-10-17(22-16)23(3)4;/h5-11H,12-13H2,1-4H3,(H2,19,20,21);1H. The predicted molar refractivity (Wildman–Crippen MR) is 112 cm³/mol. The van der Waals surface area contributed by atoms with E-state index >= 15 is 0 Å². The van der Waals surface area contributed by atoms with E-state index < -0.39 is 0 Å². The van der Waals surface area contributed by atoms with E-state index in [9.17, 15) is 0 Å². The van der Waals surface area contributed by atoms with Crippen molar-refractivity contribution in [1.82, 2.24) is 15.6 Å². The molecule has 0 saturated heterocycles. The lowest BCUT2D eigenvalue weighted by atomic mass is 10.1. The van der Waals surface area contributed by atoms with Crippen molar-refractivity contribution in [3.63, 3.8) is 0 Å². The molecule has 130 valence electrons. The van der Waals surface area contributed by atoms with Gasteiger partial charge < -0.3 is 15.5 Å². The quantitative estimate of drug-likeness (QED) is 0.428. The number of pyridine rings is 1. The fraction of sp³-hybridized carbons (Fsp3) is 0.333. The normalized spacial score (nSPS) is 10.8. The van der Waals surface area contributed by atoms with E-state index in [0.717, 1.165) is 24.0 Å². The van der Waals surface area contributed by atoms with E-state index in [0.29, 0.717) is 6.54 Å². The zero-order valence-corrected chi connectivity index (χ0v) is 17.0. The summed E-state index contributed by atoms with van der Waals surface area (Å²) in [5.41, 5.74) is 3.48. The Kier molecular flexibility index (Phi) is 8.53. The van der Waals surface area contributed by atoms with E-state index in [2.05, 4.69) is 51.8 Å². The van der Waals surface area contributed by atoms with Crippen LogP contribution in [0.4, 0.5) is 5.82 Å². The number of nitrogens with zero attached hydrogens (tertiary/aromatic N) is 3. The molecule has 6 heteroatoms. The number of aromatic nitrogens is 1. The third kappa shape index (κ3) is 6.35. The molecule has 24 heavy (non-hydrogen) atoms. The minimum Gasteiger partial charge on any atom is -0.363 e. The van der Waals surface area contributed by atoms with Gasteiger partial charge in [0, 0.05) is 27.7 Å². The van der Waals surface area contributed by atoms with Gasteiger partial charge in [0.05, 0.1) is 12.2 Å². The molecule has 0 amide bonds. The van der Waals surface area contributed by atoms with Gasteiger partial charge in [0.1, 0.15) is 5.82 Å². The highest BCUT2D eigenvalue weighted by Gasteiger charge is 2.02. The molecule has 0 spiro atoms. The lowest BCUT2D eigenvalue weighted by Gasteiger charge is -2.14. The van der Waals surface area contributed by atoms with Crippen LogP contribution in [0.25, 0.3) is 0 Å². The van der Waals surface area contributed by atoms with E-state index in [4.69, 9.17) is 0 Å². The molecule has 0 aliphatic carbocycles. The number of benzene rings is 1. The average Bonchev–Trinajstić information content (AvgIpc) is 2.55. The van der Waals surface area contributed by atoms with Crippen LogP contribution in [0.15, 0.2) is 47.5 Å². The number of guanidine groups is 1. The molecule has 2 aromatic rings. The molecular weight excluding hydrogens is 413 g/mol. The number of aliphatic imine (C=N–C) groups is 1. The van der Waals surface area contributed by atoms with Crippen LogP contribution in [-0.4, -0.2) is 32.1 Å². The number of aryl methyl sites for hydroxylation is 1. The molecule has 2 rings (SSSR count). The van der Waals surface area contributed by atoms with Gasteiger partial charge in [-0.1, -0.05) is 35.9 Å². The van der Waals surface area contributed by atoms with E-state index in [1.165, 1.54) is 11.1 Å². The zero-order chi connectivity index (χ0) is 16.7. The molecule has 0 saturated carbocycles. The largest absolute Gasteiger partial charge is 0.363 e. The summed E-state index contributed by atoms with van der Waals surface area (Å²) in [5, 5.41) is 6.62. The Morgan fingerprint density at radius 2 is 1.79 bits per heavy atom. The SMILES string of the molecule is CN=C(NCc1cccc(C)c1)NCc1cccc(N(C)C)n1.I. The summed E-state index contributed by atoms with van der Waals surface area (Å²) in [5.74, 6) is 1.72. The van der Waals surface area contributed by atoms with Crippen LogP contribution >= 0.6 is 24.0 Å². The Hall–Kier alpha value is -1.83. The maximum Gasteiger partial charge on any atom is 0.191 e. The molecule has 1 aromatic carbocycles. The molecule has 0 aliphatic rings. The topological polar surface area (TPSA) is 52.6 Å². The third-order valence-corrected chi connectivity index (χ3v) is 3.45. The van der Waals surface area contributed by atoms with Gasteiger partial charge in [-0.05, 0) is 24.6 Å². The minimum absolute atomic E-state index is 0. The predicted octanol–water partition coefficient (Wildman–Crippen LogP) is 2.94. The Bertz CT molecular complexity index is 670. The Labute approximate surface area is 161 Å². The van der Waals surface area contributed by atoms with Gasteiger partial charge in [-0.2, -0.15) is 0 Å². The van der Waals surface area contributed by atoms with Crippen LogP contribution in [0.2, 0.25) is 0 Å². The monoisotopic (exact) mass is 439 g/mol. The summed E-state index contributed by atoms with van der Waals surface area (Å²) < 4.78 is 0. The lowest BCUT2D eigenvalue weighted by molar-refractivity contribution is 0.792. The Morgan fingerprint density at radius 1 is 1.08 bits per heavy atom. The van der Waals surface area contributed by atoms with Crippen molar-refractivity contribution in [2.75, 3.05) is 26.0 Å². The van der Waals surface area contributed by atoms with E-state index in [1.807, 2.05) is 37.2 Å². The van der Waals surface area contributed by atoms with Crippen molar-refractivity contribution in [2.45, 2.75) is 20.0 Å². The maximum absolute atomic E-state index is 4.59. The average molecular weight is 439 g/mol. The summed E-state index contributed by atoms with van der Waals surface area (Å²) in [6.45, 7) is 3.47. The van der Waals surface area contributed by atoms with Crippen molar-refractivity contribution < 1.29 is 0 Å². The third-order valence-electron chi connectivity index (χ3n) is 3.45.